The normalized spacial score (nSPS) is 7.25. The molecule has 0 atom stereocenters. The van der Waals surface area contributed by atoms with Crippen LogP contribution >= 0.6 is 0 Å². The largest absolute Gasteiger partial charge is 0.298 e. The van der Waals surface area contributed by atoms with Crippen LogP contribution in [0.4, 0.5) is 0 Å². The standard InChI is InChI=1S/C8H8O.C2H6.V/c1-7-2-4-8(6-9)5-3-7;1-2;/h2-6H,1H3;1-2H3;. The van der Waals surface area contributed by atoms with Gasteiger partial charge in [-0.2, -0.15) is 0 Å². The van der Waals surface area contributed by atoms with Crippen molar-refractivity contribution in [3.8, 4) is 0 Å². The first-order valence-corrected chi connectivity index (χ1v) is 3.85. The topological polar surface area (TPSA) is 17.1 Å². The molecule has 0 bridgehead atoms. The second kappa shape index (κ2) is 8.57. The number of carbonyl (C=O) groups is 1. The molecule has 0 fully saturated rings. The van der Waals surface area contributed by atoms with E-state index in [-0.39, 0.29) is 18.6 Å². The third-order valence-corrected chi connectivity index (χ3v) is 1.21. The average molecular weight is 201 g/mol. The van der Waals surface area contributed by atoms with Gasteiger partial charge in [-0.1, -0.05) is 43.7 Å². The van der Waals surface area contributed by atoms with Gasteiger partial charge in [0, 0.05) is 24.1 Å². The van der Waals surface area contributed by atoms with Crippen molar-refractivity contribution in [3.63, 3.8) is 0 Å². The molecule has 0 saturated carbocycles. The molecule has 0 spiro atoms. The first-order chi connectivity index (χ1) is 5.33. The molecule has 0 saturated heterocycles. The van der Waals surface area contributed by atoms with Gasteiger partial charge in [-0.25, -0.2) is 0 Å². The van der Waals surface area contributed by atoms with E-state index in [1.165, 1.54) is 5.56 Å². The van der Waals surface area contributed by atoms with Crippen molar-refractivity contribution in [2.24, 2.45) is 0 Å². The molecule has 0 heterocycles. The molecule has 0 aliphatic carbocycles. The number of rotatable bonds is 1. The smallest absolute Gasteiger partial charge is 0.150 e. The predicted molar refractivity (Wildman–Crippen MR) is 47.9 cm³/mol. The fourth-order valence-electron chi connectivity index (χ4n) is 0.645. The van der Waals surface area contributed by atoms with E-state index < -0.39 is 0 Å². The van der Waals surface area contributed by atoms with Crippen LogP contribution in [0, 0.1) is 6.92 Å². The zero-order valence-corrected chi connectivity index (χ0v) is 9.14. The van der Waals surface area contributed by atoms with Gasteiger partial charge in [0.1, 0.15) is 6.29 Å². The number of aldehydes is 1. The van der Waals surface area contributed by atoms with Crippen molar-refractivity contribution in [1.29, 1.82) is 0 Å². The molecular weight excluding hydrogens is 187 g/mol. The van der Waals surface area contributed by atoms with Crippen LogP contribution in [0.5, 0.6) is 0 Å². The molecule has 65 valence electrons. The third-order valence-electron chi connectivity index (χ3n) is 1.21. The van der Waals surface area contributed by atoms with Gasteiger partial charge in [-0.15, -0.1) is 0 Å². The minimum absolute atomic E-state index is 0. The molecule has 1 radical (unpaired) electrons. The van der Waals surface area contributed by atoms with Gasteiger partial charge in [0.25, 0.3) is 0 Å². The van der Waals surface area contributed by atoms with Crippen LogP contribution in [0.1, 0.15) is 29.8 Å². The SMILES string of the molecule is CC.Cc1ccc(C=O)cc1.[V]. The van der Waals surface area contributed by atoms with E-state index >= 15 is 0 Å². The van der Waals surface area contributed by atoms with E-state index in [4.69, 9.17) is 0 Å². The van der Waals surface area contributed by atoms with E-state index in [0.717, 1.165) is 11.8 Å². The van der Waals surface area contributed by atoms with Crippen molar-refractivity contribution in [1.82, 2.24) is 0 Å². The summed E-state index contributed by atoms with van der Waals surface area (Å²) >= 11 is 0. The monoisotopic (exact) mass is 201 g/mol. The summed E-state index contributed by atoms with van der Waals surface area (Å²) in [5, 5.41) is 0. The van der Waals surface area contributed by atoms with Crippen molar-refractivity contribution < 1.29 is 23.4 Å². The minimum atomic E-state index is 0. The van der Waals surface area contributed by atoms with Crippen molar-refractivity contribution in [3.05, 3.63) is 35.4 Å². The van der Waals surface area contributed by atoms with Crippen LogP contribution in [0.25, 0.3) is 0 Å². The summed E-state index contributed by atoms with van der Waals surface area (Å²) < 4.78 is 0. The first-order valence-electron chi connectivity index (χ1n) is 3.85. The van der Waals surface area contributed by atoms with E-state index in [2.05, 4.69) is 0 Å². The summed E-state index contributed by atoms with van der Waals surface area (Å²) in [4.78, 5) is 10.1. The number of hydrogen-bond acceptors (Lipinski definition) is 1. The summed E-state index contributed by atoms with van der Waals surface area (Å²) in [5.74, 6) is 0. The quantitative estimate of drug-likeness (QED) is 0.638. The molecule has 2 heteroatoms. The number of hydrogen-bond donors (Lipinski definition) is 0. The van der Waals surface area contributed by atoms with Crippen LogP contribution in [-0.4, -0.2) is 6.29 Å². The molecule has 1 aromatic carbocycles. The van der Waals surface area contributed by atoms with Crippen LogP contribution in [0.15, 0.2) is 24.3 Å². The van der Waals surface area contributed by atoms with Gasteiger partial charge in [0.15, 0.2) is 0 Å². The second-order valence-electron chi connectivity index (χ2n) is 2.03. The van der Waals surface area contributed by atoms with E-state index in [0.29, 0.717) is 0 Å². The first kappa shape index (κ1) is 14.0. The summed E-state index contributed by atoms with van der Waals surface area (Å²) in [7, 11) is 0. The van der Waals surface area contributed by atoms with E-state index in [1.807, 2.05) is 45.0 Å². The predicted octanol–water partition coefficient (Wildman–Crippen LogP) is 2.83. The summed E-state index contributed by atoms with van der Waals surface area (Å²) in [6.45, 7) is 5.99. The Bertz CT molecular complexity index is 204. The van der Waals surface area contributed by atoms with Gasteiger partial charge in [0.2, 0.25) is 0 Å². The maximum atomic E-state index is 10.1. The molecule has 0 unspecified atom stereocenters. The Morgan fingerprint density at radius 1 is 1.08 bits per heavy atom. The summed E-state index contributed by atoms with van der Waals surface area (Å²) in [5.41, 5.74) is 1.92. The maximum absolute atomic E-state index is 10.1. The van der Waals surface area contributed by atoms with Gasteiger partial charge in [-0.3, -0.25) is 4.79 Å². The summed E-state index contributed by atoms with van der Waals surface area (Å²) in [6, 6.07) is 7.46. The molecule has 0 amide bonds. The van der Waals surface area contributed by atoms with Gasteiger partial charge in [0.05, 0.1) is 0 Å². The fourth-order valence-corrected chi connectivity index (χ4v) is 0.645. The van der Waals surface area contributed by atoms with Crippen molar-refractivity contribution in [2.75, 3.05) is 0 Å². The summed E-state index contributed by atoms with van der Waals surface area (Å²) in [6.07, 6.45) is 0.847. The molecular formula is C10H14OV. The molecule has 0 aromatic heterocycles. The number of carbonyl (C=O) groups excluding carboxylic acids is 1. The van der Waals surface area contributed by atoms with Crippen LogP contribution in [0.2, 0.25) is 0 Å². The molecule has 1 nitrogen and oxygen atoms in total. The number of aryl methyl sites for hydroxylation is 1. The Hall–Kier alpha value is -0.526. The third kappa shape index (κ3) is 5.17. The molecule has 12 heavy (non-hydrogen) atoms. The maximum Gasteiger partial charge on any atom is 0.150 e. The molecule has 0 N–H and O–H groups in total. The van der Waals surface area contributed by atoms with Crippen LogP contribution < -0.4 is 0 Å². The average Bonchev–Trinajstić information content (AvgIpc) is 2.10. The van der Waals surface area contributed by atoms with Crippen LogP contribution in [0.3, 0.4) is 0 Å². The Kier molecular flexibility index (Phi) is 10.0. The molecule has 1 aromatic rings. The van der Waals surface area contributed by atoms with Crippen molar-refractivity contribution in [2.45, 2.75) is 20.8 Å². The Morgan fingerprint density at radius 3 is 1.83 bits per heavy atom. The van der Waals surface area contributed by atoms with Crippen molar-refractivity contribution >= 4 is 6.29 Å². The van der Waals surface area contributed by atoms with Gasteiger partial charge in [-0.05, 0) is 6.92 Å². The molecule has 0 aliphatic rings. The minimum Gasteiger partial charge on any atom is -0.298 e. The van der Waals surface area contributed by atoms with Crippen LogP contribution in [-0.2, 0) is 18.6 Å². The van der Waals surface area contributed by atoms with E-state index in [1.54, 1.807) is 0 Å². The Labute approximate surface area is 86.1 Å². The molecule has 0 aliphatic heterocycles. The zero-order valence-electron chi connectivity index (χ0n) is 7.74. The number of benzene rings is 1. The fraction of sp³-hybridized carbons (Fsp3) is 0.300. The van der Waals surface area contributed by atoms with E-state index in [9.17, 15) is 4.79 Å². The van der Waals surface area contributed by atoms with Gasteiger partial charge < -0.3 is 0 Å². The second-order valence-corrected chi connectivity index (χ2v) is 2.03. The zero-order chi connectivity index (χ0) is 8.69. The Balaban J connectivity index is 0. The molecule has 1 rings (SSSR count). The Morgan fingerprint density at radius 2 is 1.50 bits per heavy atom. The van der Waals surface area contributed by atoms with Gasteiger partial charge >= 0.3 is 0 Å².